The minimum Gasteiger partial charge on any atom is -0.496 e. The third-order valence-corrected chi connectivity index (χ3v) is 3.14. The Labute approximate surface area is 96.6 Å². The monoisotopic (exact) mass is 239 g/mol. The molecule has 0 saturated heterocycles. The van der Waals surface area contributed by atoms with E-state index in [-0.39, 0.29) is 4.94 Å². The summed E-state index contributed by atoms with van der Waals surface area (Å²) in [7, 11) is 1.58. The fraction of sp³-hybridized carbons (Fsp3) is 0.364. The van der Waals surface area contributed by atoms with Gasteiger partial charge < -0.3 is 14.9 Å². The lowest BCUT2D eigenvalue weighted by Gasteiger charge is -2.21. The molecule has 1 heterocycles. The van der Waals surface area contributed by atoms with Crippen LogP contribution in [0.2, 0.25) is 0 Å². The minimum atomic E-state index is -0.542. The van der Waals surface area contributed by atoms with Crippen LogP contribution in [-0.4, -0.2) is 7.11 Å². The highest BCUT2D eigenvalue weighted by Crippen LogP contribution is 2.33. The summed E-state index contributed by atoms with van der Waals surface area (Å²) in [6, 6.07) is 3.56. The number of hydrogen-bond donors (Lipinski definition) is 1. The fourth-order valence-corrected chi connectivity index (χ4v) is 2.25. The van der Waals surface area contributed by atoms with Crippen LogP contribution in [0.5, 0.6) is 5.75 Å². The van der Waals surface area contributed by atoms with Crippen molar-refractivity contribution in [2.75, 3.05) is 7.11 Å². The van der Waals surface area contributed by atoms with E-state index in [4.69, 9.17) is 14.9 Å². The molecule has 16 heavy (non-hydrogen) atoms. The zero-order valence-electron chi connectivity index (χ0n) is 9.37. The van der Waals surface area contributed by atoms with Crippen LogP contribution < -0.4 is 15.4 Å². The van der Waals surface area contributed by atoms with Crippen LogP contribution in [0.15, 0.2) is 21.3 Å². The Balaban J connectivity index is 2.76. The molecule has 0 aliphatic heterocycles. The van der Waals surface area contributed by atoms with E-state index in [1.54, 1.807) is 19.2 Å². The Morgan fingerprint density at radius 2 is 2.12 bits per heavy atom. The number of ether oxygens (including phenoxy) is 1. The second-order valence-corrected chi connectivity index (χ2v) is 5.15. The van der Waals surface area contributed by atoms with Crippen LogP contribution in [-0.2, 0) is 5.54 Å². The van der Waals surface area contributed by atoms with Gasteiger partial charge in [-0.2, -0.15) is 0 Å². The molecule has 0 spiro atoms. The van der Waals surface area contributed by atoms with Gasteiger partial charge in [0.2, 0.25) is 0 Å². The van der Waals surface area contributed by atoms with Crippen LogP contribution in [0, 0.1) is 0 Å². The Bertz CT molecular complexity index is 577. The number of methoxy groups -OCH3 is 1. The van der Waals surface area contributed by atoms with E-state index in [2.05, 4.69) is 0 Å². The summed E-state index contributed by atoms with van der Waals surface area (Å²) in [4.78, 5) is 10.8. The number of rotatable bonds is 2. The Morgan fingerprint density at radius 1 is 1.44 bits per heavy atom. The molecule has 0 bridgehead atoms. The topological polar surface area (TPSA) is 65.5 Å². The van der Waals surface area contributed by atoms with Crippen molar-refractivity contribution >= 4 is 21.6 Å². The van der Waals surface area contributed by atoms with Gasteiger partial charge >= 0.3 is 4.94 Å². The molecule has 0 fully saturated rings. The quantitative estimate of drug-likeness (QED) is 0.871. The summed E-state index contributed by atoms with van der Waals surface area (Å²) in [6.45, 7) is 3.75. The summed E-state index contributed by atoms with van der Waals surface area (Å²) in [5.74, 6) is 0.678. The predicted molar refractivity (Wildman–Crippen MR) is 64.1 cm³/mol. The van der Waals surface area contributed by atoms with Crippen LogP contribution in [0.4, 0.5) is 0 Å². The van der Waals surface area contributed by atoms with Crippen molar-refractivity contribution < 1.29 is 9.15 Å². The molecular formula is C11H13NO3S. The summed E-state index contributed by atoms with van der Waals surface area (Å²) >= 11 is 1.06. The largest absolute Gasteiger partial charge is 0.496 e. The first-order valence-electron chi connectivity index (χ1n) is 4.83. The molecule has 0 atom stereocenters. The van der Waals surface area contributed by atoms with Crippen molar-refractivity contribution in [3.05, 3.63) is 27.4 Å². The van der Waals surface area contributed by atoms with Crippen molar-refractivity contribution in [3.8, 4) is 5.75 Å². The zero-order valence-corrected chi connectivity index (χ0v) is 10.2. The van der Waals surface area contributed by atoms with E-state index in [1.165, 1.54) is 0 Å². The van der Waals surface area contributed by atoms with E-state index in [1.807, 2.05) is 13.8 Å². The molecule has 0 aliphatic rings. The van der Waals surface area contributed by atoms with Crippen molar-refractivity contribution in [2.45, 2.75) is 19.4 Å². The Morgan fingerprint density at radius 3 is 2.69 bits per heavy atom. The van der Waals surface area contributed by atoms with Crippen molar-refractivity contribution in [3.63, 3.8) is 0 Å². The van der Waals surface area contributed by atoms with Crippen molar-refractivity contribution in [2.24, 2.45) is 5.73 Å². The fourth-order valence-electron chi connectivity index (χ4n) is 1.57. The maximum atomic E-state index is 11.1. The zero-order chi connectivity index (χ0) is 11.9. The molecule has 86 valence electrons. The minimum absolute atomic E-state index is 0.316. The van der Waals surface area contributed by atoms with Crippen LogP contribution >= 0.6 is 11.3 Å². The van der Waals surface area contributed by atoms with E-state index < -0.39 is 5.54 Å². The average molecular weight is 239 g/mol. The van der Waals surface area contributed by atoms with E-state index in [9.17, 15) is 4.79 Å². The standard InChI is InChI=1S/C11H13NO3S/c1-11(2,12)6-4-8-9(5-7(6)14-3)16-10(13)15-8/h4-5H,12H2,1-3H3. The first kappa shape index (κ1) is 11.2. The van der Waals surface area contributed by atoms with Gasteiger partial charge in [0, 0.05) is 17.2 Å². The van der Waals surface area contributed by atoms with E-state index >= 15 is 0 Å². The summed E-state index contributed by atoms with van der Waals surface area (Å²) in [6.07, 6.45) is 0. The summed E-state index contributed by atoms with van der Waals surface area (Å²) in [5.41, 5.74) is 6.88. The van der Waals surface area contributed by atoms with Gasteiger partial charge in [-0.05, 0) is 19.9 Å². The van der Waals surface area contributed by atoms with Gasteiger partial charge in [0.15, 0.2) is 0 Å². The molecule has 1 aromatic heterocycles. The highest BCUT2D eigenvalue weighted by Gasteiger charge is 2.21. The molecule has 0 unspecified atom stereocenters. The Hall–Kier alpha value is -1.33. The first-order valence-corrected chi connectivity index (χ1v) is 5.64. The molecule has 1 aromatic carbocycles. The van der Waals surface area contributed by atoms with Gasteiger partial charge in [-0.25, -0.2) is 4.79 Å². The molecule has 0 aliphatic carbocycles. The van der Waals surface area contributed by atoms with Gasteiger partial charge in [0.05, 0.1) is 11.8 Å². The van der Waals surface area contributed by atoms with Crippen LogP contribution in [0.1, 0.15) is 19.4 Å². The number of hydrogen-bond acceptors (Lipinski definition) is 5. The molecule has 0 saturated carbocycles. The molecule has 0 amide bonds. The molecule has 4 nitrogen and oxygen atoms in total. The normalized spacial score (nSPS) is 12.0. The molecule has 5 heteroatoms. The first-order chi connectivity index (χ1) is 7.41. The predicted octanol–water partition coefficient (Wildman–Crippen LogP) is 2.06. The number of nitrogens with two attached hydrogens (primary N) is 1. The molecule has 2 N–H and O–H groups in total. The smallest absolute Gasteiger partial charge is 0.396 e. The lowest BCUT2D eigenvalue weighted by molar-refractivity contribution is 0.395. The second-order valence-electron chi connectivity index (χ2n) is 4.18. The Kier molecular flexibility index (Phi) is 2.52. The van der Waals surface area contributed by atoms with Gasteiger partial charge in [0.1, 0.15) is 11.3 Å². The third-order valence-electron chi connectivity index (χ3n) is 2.35. The lowest BCUT2D eigenvalue weighted by Crippen LogP contribution is -2.29. The third kappa shape index (κ3) is 1.83. The average Bonchev–Trinajstić information content (AvgIpc) is 2.53. The number of benzene rings is 1. The maximum absolute atomic E-state index is 11.1. The van der Waals surface area contributed by atoms with Gasteiger partial charge in [-0.3, -0.25) is 0 Å². The molecule has 2 rings (SSSR count). The van der Waals surface area contributed by atoms with Crippen molar-refractivity contribution in [1.82, 2.24) is 0 Å². The number of fused-ring (bicyclic) bond motifs is 1. The van der Waals surface area contributed by atoms with E-state index in [0.717, 1.165) is 21.6 Å². The maximum Gasteiger partial charge on any atom is 0.396 e. The lowest BCUT2D eigenvalue weighted by atomic mass is 9.94. The second kappa shape index (κ2) is 3.61. The van der Waals surface area contributed by atoms with Gasteiger partial charge in [-0.1, -0.05) is 11.3 Å². The highest BCUT2D eigenvalue weighted by molar-refractivity contribution is 7.16. The molecule has 0 radical (unpaired) electrons. The summed E-state index contributed by atoms with van der Waals surface area (Å²) in [5, 5.41) is 0. The highest BCUT2D eigenvalue weighted by atomic mass is 32.1. The van der Waals surface area contributed by atoms with E-state index in [0.29, 0.717) is 11.3 Å². The van der Waals surface area contributed by atoms with Crippen LogP contribution in [0.3, 0.4) is 0 Å². The van der Waals surface area contributed by atoms with Crippen molar-refractivity contribution in [1.29, 1.82) is 0 Å². The summed E-state index contributed by atoms with van der Waals surface area (Å²) < 4.78 is 11.1. The van der Waals surface area contributed by atoms with Gasteiger partial charge in [-0.15, -0.1) is 0 Å². The van der Waals surface area contributed by atoms with Crippen LogP contribution in [0.25, 0.3) is 10.3 Å². The molecular weight excluding hydrogens is 226 g/mol. The SMILES string of the molecule is COc1cc2sc(=O)oc2cc1C(C)(C)N. The molecule has 2 aromatic rings. The van der Waals surface area contributed by atoms with Gasteiger partial charge in [0.25, 0.3) is 0 Å².